The van der Waals surface area contributed by atoms with Gasteiger partial charge in [-0.15, -0.1) is 12.6 Å². The smallest absolute Gasteiger partial charge is 0.0722 e. The largest absolute Gasteiger partial charge is 0.336 e. The first-order valence-electron chi connectivity index (χ1n) is 5.63. The molecular formula is C13H14N2S. The van der Waals surface area contributed by atoms with Gasteiger partial charge in [0, 0.05) is 24.5 Å². The predicted octanol–water partition coefficient (Wildman–Crippen LogP) is 3.25. The first-order valence-corrected chi connectivity index (χ1v) is 6.08. The molecule has 2 aromatic rings. The van der Waals surface area contributed by atoms with Crippen molar-refractivity contribution in [2.45, 2.75) is 24.4 Å². The Balaban J connectivity index is 2.00. The second-order valence-corrected chi connectivity index (χ2v) is 4.83. The molecule has 0 amide bonds. The molecule has 0 aliphatic heterocycles. The van der Waals surface area contributed by atoms with Crippen LogP contribution in [0.15, 0.2) is 41.7 Å². The summed E-state index contributed by atoms with van der Waals surface area (Å²) in [5.41, 5.74) is 2.40. The Hall–Kier alpha value is -1.22. The summed E-state index contributed by atoms with van der Waals surface area (Å²) in [6, 6.07) is 8.26. The minimum absolute atomic E-state index is 0.855. The van der Waals surface area contributed by atoms with Crippen LogP contribution >= 0.6 is 12.6 Å². The molecule has 0 unspecified atom stereocenters. The summed E-state index contributed by atoms with van der Waals surface area (Å²) >= 11 is 4.51. The summed E-state index contributed by atoms with van der Waals surface area (Å²) in [4.78, 5) is 4.17. The van der Waals surface area contributed by atoms with Crippen molar-refractivity contribution in [3.63, 3.8) is 0 Å². The average molecular weight is 230 g/mol. The molecule has 1 aliphatic rings. The molecule has 2 nitrogen and oxygen atoms in total. The Morgan fingerprint density at radius 1 is 1.31 bits per heavy atom. The molecular weight excluding hydrogens is 216 g/mol. The van der Waals surface area contributed by atoms with Crippen molar-refractivity contribution >= 4 is 12.6 Å². The molecule has 16 heavy (non-hydrogen) atoms. The molecule has 2 heterocycles. The highest BCUT2D eigenvalue weighted by molar-refractivity contribution is 7.80. The third kappa shape index (κ3) is 1.87. The SMILES string of the molecule is Sc1ccc(-c2cccnc2)n1CC1CC1. The monoisotopic (exact) mass is 230 g/mol. The third-order valence-electron chi connectivity index (χ3n) is 3.05. The van der Waals surface area contributed by atoms with E-state index in [1.807, 2.05) is 12.3 Å². The number of rotatable bonds is 3. The van der Waals surface area contributed by atoms with Crippen LogP contribution in [0.5, 0.6) is 0 Å². The molecule has 1 aliphatic carbocycles. The van der Waals surface area contributed by atoms with Crippen molar-refractivity contribution in [3.05, 3.63) is 36.7 Å². The van der Waals surface area contributed by atoms with Crippen LogP contribution in [-0.2, 0) is 6.54 Å². The first kappa shape index (κ1) is 9.97. The Labute approximate surface area is 101 Å². The highest BCUT2D eigenvalue weighted by Crippen LogP contribution is 2.34. The molecule has 82 valence electrons. The van der Waals surface area contributed by atoms with Gasteiger partial charge >= 0.3 is 0 Å². The molecule has 0 bridgehead atoms. The van der Waals surface area contributed by atoms with Gasteiger partial charge in [-0.1, -0.05) is 0 Å². The normalized spacial score (nSPS) is 15.3. The fourth-order valence-electron chi connectivity index (χ4n) is 1.97. The molecule has 1 saturated carbocycles. The van der Waals surface area contributed by atoms with Crippen molar-refractivity contribution in [2.24, 2.45) is 5.92 Å². The summed E-state index contributed by atoms with van der Waals surface area (Å²) in [6.07, 6.45) is 6.43. The van der Waals surface area contributed by atoms with E-state index in [4.69, 9.17) is 0 Å². The Morgan fingerprint density at radius 2 is 2.19 bits per heavy atom. The van der Waals surface area contributed by atoms with E-state index >= 15 is 0 Å². The predicted molar refractivity (Wildman–Crippen MR) is 67.6 cm³/mol. The van der Waals surface area contributed by atoms with Crippen molar-refractivity contribution in [2.75, 3.05) is 0 Å². The minimum atomic E-state index is 0.855. The molecule has 3 rings (SSSR count). The van der Waals surface area contributed by atoms with E-state index in [1.54, 1.807) is 6.20 Å². The molecule has 0 saturated heterocycles. The van der Waals surface area contributed by atoms with Gasteiger partial charge in [-0.05, 0) is 43.0 Å². The first-order chi connectivity index (χ1) is 7.84. The van der Waals surface area contributed by atoms with Gasteiger partial charge in [0.1, 0.15) is 0 Å². The van der Waals surface area contributed by atoms with Gasteiger partial charge in [-0.2, -0.15) is 0 Å². The van der Waals surface area contributed by atoms with Crippen LogP contribution in [0, 0.1) is 5.92 Å². The van der Waals surface area contributed by atoms with Crippen molar-refractivity contribution < 1.29 is 0 Å². The maximum absolute atomic E-state index is 4.51. The zero-order chi connectivity index (χ0) is 11.0. The van der Waals surface area contributed by atoms with Crippen LogP contribution in [0.1, 0.15) is 12.8 Å². The van der Waals surface area contributed by atoms with Crippen LogP contribution in [0.3, 0.4) is 0 Å². The van der Waals surface area contributed by atoms with E-state index in [1.165, 1.54) is 24.1 Å². The lowest BCUT2D eigenvalue weighted by Crippen LogP contribution is -2.02. The van der Waals surface area contributed by atoms with Crippen LogP contribution < -0.4 is 0 Å². The summed E-state index contributed by atoms with van der Waals surface area (Å²) in [5.74, 6) is 0.855. The van der Waals surface area contributed by atoms with E-state index in [2.05, 4.69) is 40.4 Å². The maximum atomic E-state index is 4.51. The highest BCUT2D eigenvalue weighted by Gasteiger charge is 2.23. The second kappa shape index (κ2) is 3.98. The number of pyridine rings is 1. The van der Waals surface area contributed by atoms with Gasteiger partial charge in [0.05, 0.1) is 10.7 Å². The Kier molecular flexibility index (Phi) is 2.48. The Morgan fingerprint density at radius 3 is 2.88 bits per heavy atom. The van der Waals surface area contributed by atoms with Crippen molar-refractivity contribution in [3.8, 4) is 11.3 Å². The van der Waals surface area contributed by atoms with E-state index < -0.39 is 0 Å². The van der Waals surface area contributed by atoms with Gasteiger partial charge in [0.2, 0.25) is 0 Å². The Bertz CT molecular complexity index is 486. The molecule has 0 N–H and O–H groups in total. The van der Waals surface area contributed by atoms with Gasteiger partial charge in [-0.3, -0.25) is 4.98 Å². The van der Waals surface area contributed by atoms with Crippen molar-refractivity contribution in [1.82, 2.24) is 9.55 Å². The van der Waals surface area contributed by atoms with E-state index in [0.29, 0.717) is 0 Å². The van der Waals surface area contributed by atoms with Gasteiger partial charge in [0.15, 0.2) is 0 Å². The van der Waals surface area contributed by atoms with Gasteiger partial charge in [-0.25, -0.2) is 0 Å². The number of nitrogens with zero attached hydrogens (tertiary/aromatic N) is 2. The number of hydrogen-bond acceptors (Lipinski definition) is 2. The van der Waals surface area contributed by atoms with Crippen LogP contribution in [-0.4, -0.2) is 9.55 Å². The van der Waals surface area contributed by atoms with Gasteiger partial charge in [0.25, 0.3) is 0 Å². The average Bonchev–Trinajstić information content (AvgIpc) is 3.06. The van der Waals surface area contributed by atoms with E-state index in [9.17, 15) is 0 Å². The summed E-state index contributed by atoms with van der Waals surface area (Å²) in [6.45, 7) is 1.09. The van der Waals surface area contributed by atoms with Crippen LogP contribution in [0.2, 0.25) is 0 Å². The quantitative estimate of drug-likeness (QED) is 0.801. The summed E-state index contributed by atoms with van der Waals surface area (Å²) in [5, 5.41) is 1.05. The summed E-state index contributed by atoms with van der Waals surface area (Å²) < 4.78 is 2.29. The molecule has 0 spiro atoms. The van der Waals surface area contributed by atoms with E-state index in [-0.39, 0.29) is 0 Å². The zero-order valence-electron chi connectivity index (χ0n) is 9.00. The minimum Gasteiger partial charge on any atom is -0.336 e. The lowest BCUT2D eigenvalue weighted by molar-refractivity contribution is 0.597. The standard InChI is InChI=1S/C13H14N2S/c16-13-6-5-12(11-2-1-7-14-8-11)15(13)9-10-3-4-10/h1-2,5-8,10,16H,3-4,9H2. The van der Waals surface area contributed by atoms with Gasteiger partial charge < -0.3 is 4.57 Å². The number of thiol groups is 1. The lowest BCUT2D eigenvalue weighted by atomic mass is 10.2. The molecule has 1 fully saturated rings. The fourth-order valence-corrected chi connectivity index (χ4v) is 2.24. The van der Waals surface area contributed by atoms with Crippen molar-refractivity contribution in [1.29, 1.82) is 0 Å². The summed E-state index contributed by atoms with van der Waals surface area (Å²) in [7, 11) is 0. The van der Waals surface area contributed by atoms with Crippen LogP contribution in [0.25, 0.3) is 11.3 Å². The number of aromatic nitrogens is 2. The van der Waals surface area contributed by atoms with E-state index in [0.717, 1.165) is 17.5 Å². The lowest BCUT2D eigenvalue weighted by Gasteiger charge is -2.10. The highest BCUT2D eigenvalue weighted by atomic mass is 32.1. The van der Waals surface area contributed by atoms with Crippen LogP contribution in [0.4, 0.5) is 0 Å². The molecule has 0 radical (unpaired) electrons. The third-order valence-corrected chi connectivity index (χ3v) is 3.44. The number of hydrogen-bond donors (Lipinski definition) is 1. The molecule has 0 atom stereocenters. The second-order valence-electron chi connectivity index (χ2n) is 4.37. The molecule has 3 heteroatoms. The maximum Gasteiger partial charge on any atom is 0.0722 e. The molecule has 0 aromatic carbocycles. The molecule has 2 aromatic heterocycles. The fraction of sp³-hybridized carbons (Fsp3) is 0.308. The zero-order valence-corrected chi connectivity index (χ0v) is 9.90. The topological polar surface area (TPSA) is 17.8 Å².